The fraction of sp³-hybridized carbons (Fsp3) is 0.417. The van der Waals surface area contributed by atoms with Gasteiger partial charge in [0.1, 0.15) is 5.75 Å². The molecule has 2 rings (SSSR count). The zero-order valence-corrected chi connectivity index (χ0v) is 8.76. The molecule has 4 heteroatoms. The monoisotopic (exact) mass is 222 g/mol. The van der Waals surface area contributed by atoms with E-state index in [4.69, 9.17) is 5.11 Å². The summed E-state index contributed by atoms with van der Waals surface area (Å²) < 4.78 is 0. The number of carboxylic acid groups (broad SMARTS) is 1. The lowest BCUT2D eigenvalue weighted by atomic mass is 9.63. The van der Waals surface area contributed by atoms with Crippen LogP contribution in [-0.2, 0) is 4.79 Å². The summed E-state index contributed by atoms with van der Waals surface area (Å²) >= 11 is 0. The van der Waals surface area contributed by atoms with E-state index in [0.717, 1.165) is 6.42 Å². The number of para-hydroxylation sites is 1. The number of phenols is 1. The van der Waals surface area contributed by atoms with E-state index in [1.54, 1.807) is 18.2 Å². The Hall–Kier alpha value is -1.55. The molecular weight excluding hydrogens is 208 g/mol. The Kier molecular flexibility index (Phi) is 2.59. The van der Waals surface area contributed by atoms with Crippen molar-refractivity contribution in [2.24, 2.45) is 5.41 Å². The normalized spacial score (nSPS) is 19.8. The van der Waals surface area contributed by atoms with Crippen molar-refractivity contribution in [1.82, 2.24) is 0 Å². The molecule has 1 aliphatic carbocycles. The number of carboxylic acids is 1. The topological polar surface area (TPSA) is 77.8 Å². The van der Waals surface area contributed by atoms with Crippen LogP contribution in [0.4, 0.5) is 0 Å². The van der Waals surface area contributed by atoms with Crippen molar-refractivity contribution in [2.75, 3.05) is 0 Å². The molecule has 0 spiro atoms. The van der Waals surface area contributed by atoms with Crippen molar-refractivity contribution in [2.45, 2.75) is 25.4 Å². The Morgan fingerprint density at radius 1 is 1.31 bits per heavy atom. The maximum atomic E-state index is 11.2. The van der Waals surface area contributed by atoms with E-state index in [0.29, 0.717) is 18.4 Å². The van der Waals surface area contributed by atoms with Crippen LogP contribution in [-0.4, -0.2) is 21.3 Å². The third kappa shape index (κ3) is 1.46. The van der Waals surface area contributed by atoms with Gasteiger partial charge in [-0.1, -0.05) is 24.6 Å². The van der Waals surface area contributed by atoms with Gasteiger partial charge in [0.05, 0.1) is 11.5 Å². The summed E-state index contributed by atoms with van der Waals surface area (Å²) in [5.74, 6) is -1.04. The van der Waals surface area contributed by atoms with Crippen molar-refractivity contribution in [3.8, 4) is 5.75 Å². The molecule has 0 amide bonds. The molecule has 0 bridgehead atoms. The SMILES string of the molecule is O=C(O)C1(C(O)c2ccccc2O)CCC1. The maximum Gasteiger partial charge on any atom is 0.312 e. The van der Waals surface area contributed by atoms with E-state index >= 15 is 0 Å². The molecule has 0 saturated heterocycles. The van der Waals surface area contributed by atoms with Crippen LogP contribution in [0.5, 0.6) is 5.75 Å². The highest BCUT2D eigenvalue weighted by Gasteiger charge is 2.51. The number of hydrogen-bond acceptors (Lipinski definition) is 3. The lowest BCUT2D eigenvalue weighted by Crippen LogP contribution is -2.43. The summed E-state index contributed by atoms with van der Waals surface area (Å²) in [6, 6.07) is 6.32. The van der Waals surface area contributed by atoms with E-state index in [1.165, 1.54) is 6.07 Å². The molecule has 0 aliphatic heterocycles. The molecule has 16 heavy (non-hydrogen) atoms. The number of hydrogen-bond donors (Lipinski definition) is 3. The molecular formula is C12H14O4. The van der Waals surface area contributed by atoms with Gasteiger partial charge in [0.2, 0.25) is 0 Å². The second kappa shape index (κ2) is 3.79. The predicted molar refractivity (Wildman–Crippen MR) is 57.0 cm³/mol. The average molecular weight is 222 g/mol. The molecule has 0 radical (unpaired) electrons. The fourth-order valence-corrected chi connectivity index (χ4v) is 2.18. The second-order valence-electron chi connectivity index (χ2n) is 4.28. The second-order valence-corrected chi connectivity index (χ2v) is 4.28. The molecule has 1 aromatic rings. The Morgan fingerprint density at radius 2 is 1.94 bits per heavy atom. The Morgan fingerprint density at radius 3 is 2.38 bits per heavy atom. The minimum atomic E-state index is -1.14. The van der Waals surface area contributed by atoms with Gasteiger partial charge in [-0.05, 0) is 18.9 Å². The Labute approximate surface area is 93.2 Å². The van der Waals surface area contributed by atoms with Crippen LogP contribution in [0.1, 0.15) is 30.9 Å². The van der Waals surface area contributed by atoms with E-state index < -0.39 is 17.5 Å². The van der Waals surface area contributed by atoms with Gasteiger partial charge in [-0.2, -0.15) is 0 Å². The predicted octanol–water partition coefficient (Wildman–Crippen LogP) is 1.68. The molecule has 1 atom stereocenters. The van der Waals surface area contributed by atoms with E-state index in [9.17, 15) is 15.0 Å². The lowest BCUT2D eigenvalue weighted by Gasteiger charge is -2.41. The van der Waals surface area contributed by atoms with Crippen molar-refractivity contribution in [3.05, 3.63) is 29.8 Å². The minimum absolute atomic E-state index is 0.0532. The molecule has 0 aromatic heterocycles. The zero-order valence-electron chi connectivity index (χ0n) is 8.76. The van der Waals surface area contributed by atoms with Crippen LogP contribution >= 0.6 is 0 Å². The number of aliphatic carboxylic acids is 1. The van der Waals surface area contributed by atoms with E-state index in [-0.39, 0.29) is 5.75 Å². The molecule has 86 valence electrons. The Bertz CT molecular complexity index is 409. The minimum Gasteiger partial charge on any atom is -0.508 e. The van der Waals surface area contributed by atoms with Crippen LogP contribution in [0.15, 0.2) is 24.3 Å². The first-order valence-electron chi connectivity index (χ1n) is 5.27. The summed E-state index contributed by atoms with van der Waals surface area (Å²) in [7, 11) is 0. The van der Waals surface area contributed by atoms with Gasteiger partial charge in [0.15, 0.2) is 0 Å². The summed E-state index contributed by atoms with van der Waals surface area (Å²) in [5, 5.41) is 28.9. The number of aliphatic hydroxyl groups excluding tert-OH is 1. The largest absolute Gasteiger partial charge is 0.508 e. The van der Waals surface area contributed by atoms with E-state index in [2.05, 4.69) is 0 Å². The van der Waals surface area contributed by atoms with Gasteiger partial charge < -0.3 is 15.3 Å². The highest BCUT2D eigenvalue weighted by atomic mass is 16.4. The Balaban J connectivity index is 2.35. The standard InChI is InChI=1S/C12H14O4/c13-9-5-2-1-4-8(9)10(14)12(11(15)16)6-3-7-12/h1-2,4-5,10,13-14H,3,6-7H2,(H,15,16). The third-order valence-corrected chi connectivity index (χ3v) is 3.43. The highest BCUT2D eigenvalue weighted by molar-refractivity contribution is 5.77. The van der Waals surface area contributed by atoms with Gasteiger partial charge in [-0.15, -0.1) is 0 Å². The number of aromatic hydroxyl groups is 1. The summed E-state index contributed by atoms with van der Waals surface area (Å²) in [5.41, 5.74) is -0.816. The van der Waals surface area contributed by atoms with Crippen molar-refractivity contribution in [1.29, 1.82) is 0 Å². The number of carbonyl (C=O) groups is 1. The lowest BCUT2D eigenvalue weighted by molar-refractivity contribution is -0.166. The first-order valence-corrected chi connectivity index (χ1v) is 5.27. The number of aliphatic hydroxyl groups is 1. The molecule has 1 saturated carbocycles. The quantitative estimate of drug-likeness (QED) is 0.727. The van der Waals surface area contributed by atoms with E-state index in [1.807, 2.05) is 0 Å². The van der Waals surface area contributed by atoms with Crippen LogP contribution in [0, 0.1) is 5.41 Å². The van der Waals surface area contributed by atoms with Crippen LogP contribution in [0.3, 0.4) is 0 Å². The smallest absolute Gasteiger partial charge is 0.312 e. The fourth-order valence-electron chi connectivity index (χ4n) is 2.18. The van der Waals surface area contributed by atoms with Gasteiger partial charge in [0, 0.05) is 5.56 Å². The highest BCUT2D eigenvalue weighted by Crippen LogP contribution is 2.51. The van der Waals surface area contributed by atoms with Gasteiger partial charge in [0.25, 0.3) is 0 Å². The van der Waals surface area contributed by atoms with Crippen LogP contribution in [0.25, 0.3) is 0 Å². The molecule has 1 aromatic carbocycles. The number of benzene rings is 1. The zero-order chi connectivity index (χ0) is 11.8. The third-order valence-electron chi connectivity index (χ3n) is 3.43. The maximum absolute atomic E-state index is 11.2. The molecule has 1 aliphatic rings. The first kappa shape index (κ1) is 11.0. The van der Waals surface area contributed by atoms with Gasteiger partial charge in [-0.3, -0.25) is 4.79 Å². The molecule has 3 N–H and O–H groups in total. The van der Waals surface area contributed by atoms with Gasteiger partial charge >= 0.3 is 5.97 Å². The number of phenolic OH excluding ortho intramolecular Hbond substituents is 1. The average Bonchev–Trinajstić information content (AvgIpc) is 2.15. The van der Waals surface area contributed by atoms with Crippen molar-refractivity contribution >= 4 is 5.97 Å². The number of rotatable bonds is 3. The molecule has 1 fully saturated rings. The van der Waals surface area contributed by atoms with Crippen LogP contribution < -0.4 is 0 Å². The van der Waals surface area contributed by atoms with Crippen molar-refractivity contribution in [3.63, 3.8) is 0 Å². The summed E-state index contributed by atoms with van der Waals surface area (Å²) in [6.07, 6.45) is 0.576. The first-order chi connectivity index (χ1) is 7.58. The molecule has 0 heterocycles. The summed E-state index contributed by atoms with van der Waals surface area (Å²) in [6.45, 7) is 0. The summed E-state index contributed by atoms with van der Waals surface area (Å²) in [4.78, 5) is 11.2. The molecule has 4 nitrogen and oxygen atoms in total. The molecule has 1 unspecified atom stereocenters. The van der Waals surface area contributed by atoms with Crippen LogP contribution in [0.2, 0.25) is 0 Å². The van der Waals surface area contributed by atoms with Crippen molar-refractivity contribution < 1.29 is 20.1 Å². The van der Waals surface area contributed by atoms with Gasteiger partial charge in [-0.25, -0.2) is 0 Å².